The van der Waals surface area contributed by atoms with Crippen LogP contribution in [0.4, 0.5) is 0 Å². The second-order valence-corrected chi connectivity index (χ2v) is 5.47. The van der Waals surface area contributed by atoms with E-state index in [0.717, 1.165) is 18.7 Å². The normalized spacial score (nSPS) is 16.9. The summed E-state index contributed by atoms with van der Waals surface area (Å²) in [6.07, 6.45) is 1.08. The maximum absolute atomic E-state index is 5.25. The summed E-state index contributed by atoms with van der Waals surface area (Å²) >= 11 is 0. The van der Waals surface area contributed by atoms with Crippen molar-refractivity contribution in [2.45, 2.75) is 12.5 Å². The number of halogens is 1. The van der Waals surface area contributed by atoms with Crippen LogP contribution in [0.2, 0.25) is 0 Å². The average Bonchev–Trinajstić information content (AvgIpc) is 2.94. The van der Waals surface area contributed by atoms with Crippen molar-refractivity contribution in [3.05, 3.63) is 65.4 Å². The lowest BCUT2D eigenvalue weighted by Gasteiger charge is -2.25. The summed E-state index contributed by atoms with van der Waals surface area (Å²) in [5.41, 5.74) is 5.24. The van der Waals surface area contributed by atoms with E-state index in [1.54, 1.807) is 7.11 Å². The van der Waals surface area contributed by atoms with Crippen LogP contribution in [0, 0.1) is 0 Å². The zero-order chi connectivity index (χ0) is 14.2. The van der Waals surface area contributed by atoms with Crippen LogP contribution < -0.4 is 10.1 Å². The van der Waals surface area contributed by atoms with Crippen LogP contribution in [0.3, 0.4) is 0 Å². The molecule has 0 amide bonds. The van der Waals surface area contributed by atoms with Gasteiger partial charge in [-0.15, -0.1) is 12.4 Å². The Labute approximate surface area is 136 Å². The molecule has 1 aliphatic rings. The number of benzene rings is 2. The summed E-state index contributed by atoms with van der Waals surface area (Å²) in [6, 6.07) is 17.1. The molecule has 0 bridgehead atoms. The molecule has 1 aliphatic heterocycles. The van der Waals surface area contributed by atoms with Gasteiger partial charge in [-0.05, 0) is 35.7 Å². The van der Waals surface area contributed by atoms with Crippen LogP contribution in [-0.2, 0) is 6.42 Å². The molecule has 1 aromatic heterocycles. The first-order valence-corrected chi connectivity index (χ1v) is 7.33. The highest BCUT2D eigenvalue weighted by Gasteiger charge is 2.24. The van der Waals surface area contributed by atoms with Crippen molar-refractivity contribution in [1.29, 1.82) is 0 Å². The van der Waals surface area contributed by atoms with E-state index in [2.05, 4.69) is 46.7 Å². The second-order valence-electron chi connectivity index (χ2n) is 5.47. The molecule has 114 valence electrons. The number of H-pyrrole nitrogens is 1. The third-order valence-corrected chi connectivity index (χ3v) is 4.31. The molecule has 22 heavy (non-hydrogen) atoms. The Bertz CT molecular complexity index is 779. The molecule has 2 aromatic carbocycles. The molecule has 0 radical (unpaired) electrons. The van der Waals surface area contributed by atoms with Crippen molar-refractivity contribution in [3.63, 3.8) is 0 Å². The first-order valence-electron chi connectivity index (χ1n) is 7.33. The Balaban J connectivity index is 0.00000144. The zero-order valence-electron chi connectivity index (χ0n) is 12.4. The Kier molecular flexibility index (Phi) is 4.10. The molecule has 4 rings (SSSR count). The maximum Gasteiger partial charge on any atom is 0.118 e. The standard InChI is InChI=1S/C18H18N2O.ClH/c1-21-13-8-6-12(7-9-13)17-18-15(10-11-19-17)14-4-2-3-5-16(14)20-18;/h2-9,17,19-20H,10-11H2,1H3;1H/t17-;/m1./s1. The largest absolute Gasteiger partial charge is 0.497 e. The van der Waals surface area contributed by atoms with E-state index in [-0.39, 0.29) is 18.4 Å². The molecule has 0 saturated carbocycles. The van der Waals surface area contributed by atoms with Gasteiger partial charge in [0.2, 0.25) is 0 Å². The quantitative estimate of drug-likeness (QED) is 0.754. The third-order valence-electron chi connectivity index (χ3n) is 4.31. The van der Waals surface area contributed by atoms with E-state index in [1.807, 2.05) is 12.1 Å². The Morgan fingerprint density at radius 3 is 2.59 bits per heavy atom. The van der Waals surface area contributed by atoms with Gasteiger partial charge < -0.3 is 15.0 Å². The summed E-state index contributed by atoms with van der Waals surface area (Å²) in [7, 11) is 1.70. The van der Waals surface area contributed by atoms with Crippen molar-refractivity contribution in [1.82, 2.24) is 10.3 Å². The number of fused-ring (bicyclic) bond motifs is 3. The van der Waals surface area contributed by atoms with Crippen LogP contribution in [0.25, 0.3) is 10.9 Å². The fourth-order valence-corrected chi connectivity index (χ4v) is 3.26. The molecule has 0 aliphatic carbocycles. The Morgan fingerprint density at radius 1 is 1.05 bits per heavy atom. The molecular weight excluding hydrogens is 296 g/mol. The molecule has 0 spiro atoms. The minimum absolute atomic E-state index is 0. The van der Waals surface area contributed by atoms with Gasteiger partial charge in [-0.1, -0.05) is 30.3 Å². The molecule has 2 N–H and O–H groups in total. The lowest BCUT2D eigenvalue weighted by atomic mass is 9.94. The van der Waals surface area contributed by atoms with Crippen LogP contribution in [-0.4, -0.2) is 18.6 Å². The van der Waals surface area contributed by atoms with Gasteiger partial charge in [0.1, 0.15) is 5.75 Å². The van der Waals surface area contributed by atoms with Gasteiger partial charge in [-0.3, -0.25) is 0 Å². The topological polar surface area (TPSA) is 37.0 Å². The fraction of sp³-hybridized carbons (Fsp3) is 0.222. The van der Waals surface area contributed by atoms with Gasteiger partial charge in [0.15, 0.2) is 0 Å². The van der Waals surface area contributed by atoms with E-state index in [1.165, 1.54) is 27.7 Å². The predicted octanol–water partition coefficient (Wildman–Crippen LogP) is 3.83. The number of hydrogen-bond donors (Lipinski definition) is 2. The van der Waals surface area contributed by atoms with Crippen molar-refractivity contribution in [2.75, 3.05) is 13.7 Å². The number of methoxy groups -OCH3 is 1. The molecule has 3 aromatic rings. The fourth-order valence-electron chi connectivity index (χ4n) is 3.26. The summed E-state index contributed by atoms with van der Waals surface area (Å²) in [6.45, 7) is 1.01. The van der Waals surface area contributed by atoms with Gasteiger partial charge in [0.05, 0.1) is 13.2 Å². The van der Waals surface area contributed by atoms with Crippen molar-refractivity contribution < 1.29 is 4.74 Å². The predicted molar refractivity (Wildman–Crippen MR) is 92.1 cm³/mol. The van der Waals surface area contributed by atoms with Crippen LogP contribution >= 0.6 is 12.4 Å². The van der Waals surface area contributed by atoms with Gasteiger partial charge in [0, 0.05) is 23.1 Å². The summed E-state index contributed by atoms with van der Waals surface area (Å²) < 4.78 is 5.25. The SMILES string of the molecule is COc1ccc([C@H]2NCCc3c2[nH]c2ccccc32)cc1.Cl. The first kappa shape index (κ1) is 14.9. The average molecular weight is 315 g/mol. The summed E-state index contributed by atoms with van der Waals surface area (Å²) in [5, 5.41) is 4.97. The van der Waals surface area contributed by atoms with E-state index < -0.39 is 0 Å². The number of rotatable bonds is 2. The lowest BCUT2D eigenvalue weighted by molar-refractivity contribution is 0.414. The Hall–Kier alpha value is -1.97. The summed E-state index contributed by atoms with van der Waals surface area (Å²) in [5.74, 6) is 0.895. The maximum atomic E-state index is 5.25. The highest BCUT2D eigenvalue weighted by molar-refractivity contribution is 5.85. The third kappa shape index (κ3) is 2.36. The smallest absolute Gasteiger partial charge is 0.118 e. The van der Waals surface area contributed by atoms with Gasteiger partial charge in [0.25, 0.3) is 0 Å². The molecule has 0 saturated heterocycles. The number of hydrogen-bond acceptors (Lipinski definition) is 2. The monoisotopic (exact) mass is 314 g/mol. The molecule has 4 heteroatoms. The van der Waals surface area contributed by atoms with E-state index in [4.69, 9.17) is 4.74 Å². The molecule has 3 nitrogen and oxygen atoms in total. The van der Waals surface area contributed by atoms with E-state index in [9.17, 15) is 0 Å². The van der Waals surface area contributed by atoms with Crippen LogP contribution in [0.1, 0.15) is 22.9 Å². The zero-order valence-corrected chi connectivity index (χ0v) is 13.2. The van der Waals surface area contributed by atoms with Crippen molar-refractivity contribution >= 4 is 23.3 Å². The second kappa shape index (κ2) is 6.03. The first-order chi connectivity index (χ1) is 10.4. The minimum Gasteiger partial charge on any atom is -0.497 e. The number of aromatic amines is 1. The van der Waals surface area contributed by atoms with Gasteiger partial charge in [-0.25, -0.2) is 0 Å². The number of aromatic nitrogens is 1. The number of para-hydroxylation sites is 1. The lowest BCUT2D eigenvalue weighted by Crippen LogP contribution is -2.30. The molecule has 0 fully saturated rings. The van der Waals surface area contributed by atoms with Crippen molar-refractivity contribution in [2.24, 2.45) is 0 Å². The highest BCUT2D eigenvalue weighted by atomic mass is 35.5. The molecule has 0 unspecified atom stereocenters. The van der Waals surface area contributed by atoms with Crippen molar-refractivity contribution in [3.8, 4) is 5.75 Å². The van der Waals surface area contributed by atoms with Crippen LogP contribution in [0.5, 0.6) is 5.75 Å². The van der Waals surface area contributed by atoms with Gasteiger partial charge in [-0.2, -0.15) is 0 Å². The minimum atomic E-state index is 0. The van der Waals surface area contributed by atoms with Gasteiger partial charge >= 0.3 is 0 Å². The molecule has 1 atom stereocenters. The van der Waals surface area contributed by atoms with E-state index >= 15 is 0 Å². The number of ether oxygens (including phenoxy) is 1. The highest BCUT2D eigenvalue weighted by Crippen LogP contribution is 2.33. The molecule has 2 heterocycles. The van der Waals surface area contributed by atoms with E-state index in [0.29, 0.717) is 0 Å². The summed E-state index contributed by atoms with van der Waals surface area (Å²) in [4.78, 5) is 3.60. The van der Waals surface area contributed by atoms with Crippen LogP contribution in [0.15, 0.2) is 48.5 Å². The Morgan fingerprint density at radius 2 is 1.82 bits per heavy atom. The molecular formula is C18H19ClN2O. The number of nitrogens with one attached hydrogen (secondary N) is 2.